The van der Waals surface area contributed by atoms with Crippen LogP contribution in [0.15, 0.2) is 57.2 Å². The molecule has 0 aliphatic heterocycles. The summed E-state index contributed by atoms with van der Waals surface area (Å²) in [5.74, 6) is 1.60. The molecule has 0 saturated heterocycles. The van der Waals surface area contributed by atoms with Gasteiger partial charge in [-0.2, -0.15) is 0 Å². The Bertz CT molecular complexity index is 458. The Labute approximate surface area is 105 Å². The van der Waals surface area contributed by atoms with Gasteiger partial charge in [0.15, 0.2) is 4.48 Å². The van der Waals surface area contributed by atoms with Gasteiger partial charge >= 0.3 is 0 Å². The topological polar surface area (TPSA) is 9.23 Å². The molecule has 0 saturated carbocycles. The fourth-order valence-electron chi connectivity index (χ4n) is 1.15. The van der Waals surface area contributed by atoms with E-state index in [0.717, 1.165) is 20.5 Å². The van der Waals surface area contributed by atoms with E-state index < -0.39 is 0 Å². The predicted octanol–water partition coefficient (Wildman–Crippen LogP) is 4.36. The monoisotopic (exact) mass is 325 g/mol. The van der Waals surface area contributed by atoms with Crippen molar-refractivity contribution in [1.82, 2.24) is 0 Å². The summed E-state index contributed by atoms with van der Waals surface area (Å²) >= 11 is 6.74. The van der Waals surface area contributed by atoms with Gasteiger partial charge in [0.2, 0.25) is 5.76 Å². The Morgan fingerprint density at radius 3 is 2.80 bits per heavy atom. The second kappa shape index (κ2) is 4.75. The van der Waals surface area contributed by atoms with Gasteiger partial charge in [-0.15, -0.1) is 0 Å². The normalized spacial score (nSPS) is 14.0. The van der Waals surface area contributed by atoms with Gasteiger partial charge in [-0.05, 0) is 34.1 Å². The molecule has 0 radical (unpaired) electrons. The van der Waals surface area contributed by atoms with Crippen LogP contribution in [0, 0.1) is 6.08 Å². The van der Waals surface area contributed by atoms with Crippen molar-refractivity contribution in [1.29, 1.82) is 0 Å². The maximum Gasteiger partial charge on any atom is 0.239 e. The van der Waals surface area contributed by atoms with E-state index in [1.54, 1.807) is 0 Å². The first kappa shape index (κ1) is 10.6. The fraction of sp³-hybridized carbons (Fsp3) is 0. The first-order valence-electron chi connectivity index (χ1n) is 4.35. The van der Waals surface area contributed by atoms with Crippen LogP contribution in [0.4, 0.5) is 0 Å². The number of allylic oxidation sites excluding steroid dienone is 5. The first-order valence-corrected chi connectivity index (χ1v) is 5.93. The molecular weight excluding hydrogens is 320 g/mol. The van der Waals surface area contributed by atoms with Crippen molar-refractivity contribution in [2.24, 2.45) is 0 Å². The first-order chi connectivity index (χ1) is 7.24. The number of hydrogen-bond acceptors (Lipinski definition) is 1. The second-order valence-electron chi connectivity index (χ2n) is 2.93. The summed E-state index contributed by atoms with van der Waals surface area (Å²) in [6, 6.07) is 7.73. The van der Waals surface area contributed by atoms with Crippen molar-refractivity contribution in [3.8, 4) is 5.75 Å². The summed E-state index contributed by atoms with van der Waals surface area (Å²) < 4.78 is 7.55. The van der Waals surface area contributed by atoms with E-state index in [2.05, 4.69) is 37.9 Å². The molecule has 15 heavy (non-hydrogen) atoms. The standard InChI is InChI=1S/C12H7Br2O/c13-9-3-1-5-11(7-9)15-12-6-2-4-10(14)8-12/h1-3,5-8H/q+1. The van der Waals surface area contributed by atoms with Crippen LogP contribution in [0.1, 0.15) is 0 Å². The molecule has 0 fully saturated rings. The lowest BCUT2D eigenvalue weighted by Crippen LogP contribution is -1.94. The quantitative estimate of drug-likeness (QED) is 0.733. The van der Waals surface area contributed by atoms with Crippen molar-refractivity contribution < 1.29 is 4.74 Å². The number of halogens is 2. The molecule has 0 spiro atoms. The van der Waals surface area contributed by atoms with Crippen molar-refractivity contribution in [3.05, 3.63) is 63.3 Å². The van der Waals surface area contributed by atoms with Gasteiger partial charge in [0.25, 0.3) is 0 Å². The maximum absolute atomic E-state index is 5.66. The van der Waals surface area contributed by atoms with E-state index >= 15 is 0 Å². The number of rotatable bonds is 2. The summed E-state index contributed by atoms with van der Waals surface area (Å²) in [5, 5.41) is 0. The van der Waals surface area contributed by atoms with E-state index in [-0.39, 0.29) is 0 Å². The van der Waals surface area contributed by atoms with Crippen LogP contribution in [0.5, 0.6) is 5.75 Å². The van der Waals surface area contributed by atoms with E-state index in [1.807, 2.05) is 42.5 Å². The molecule has 2 rings (SSSR count). The maximum atomic E-state index is 5.66. The van der Waals surface area contributed by atoms with Crippen molar-refractivity contribution >= 4 is 31.9 Å². The van der Waals surface area contributed by atoms with Crippen LogP contribution < -0.4 is 4.74 Å². The van der Waals surface area contributed by atoms with Crippen LogP contribution in [0.3, 0.4) is 0 Å². The molecule has 1 aromatic carbocycles. The Hall–Kier alpha value is -0.890. The van der Waals surface area contributed by atoms with Gasteiger partial charge in [0, 0.05) is 4.47 Å². The largest absolute Gasteiger partial charge is 0.433 e. The van der Waals surface area contributed by atoms with Gasteiger partial charge in [-0.1, -0.05) is 22.0 Å². The van der Waals surface area contributed by atoms with Crippen LogP contribution in [-0.2, 0) is 0 Å². The zero-order valence-electron chi connectivity index (χ0n) is 7.71. The van der Waals surface area contributed by atoms with Gasteiger partial charge in [-0.25, -0.2) is 0 Å². The molecule has 0 amide bonds. The molecule has 0 aromatic heterocycles. The minimum absolute atomic E-state index is 0.790. The zero-order valence-corrected chi connectivity index (χ0v) is 10.9. The third kappa shape index (κ3) is 3.03. The lowest BCUT2D eigenvalue weighted by atomic mass is 10.3. The average molecular weight is 327 g/mol. The highest BCUT2D eigenvalue weighted by molar-refractivity contribution is 9.11. The highest BCUT2D eigenvalue weighted by atomic mass is 79.9. The molecule has 0 bridgehead atoms. The predicted molar refractivity (Wildman–Crippen MR) is 67.7 cm³/mol. The van der Waals surface area contributed by atoms with E-state index in [0.29, 0.717) is 0 Å². The Balaban J connectivity index is 2.17. The minimum atomic E-state index is 0.790. The summed E-state index contributed by atoms with van der Waals surface area (Å²) in [6.07, 6.45) is 8.56. The summed E-state index contributed by atoms with van der Waals surface area (Å²) in [5.41, 5.74) is 0. The van der Waals surface area contributed by atoms with Crippen LogP contribution in [0.25, 0.3) is 0 Å². The molecule has 0 unspecified atom stereocenters. The Morgan fingerprint density at radius 1 is 1.20 bits per heavy atom. The summed E-state index contributed by atoms with van der Waals surface area (Å²) in [7, 11) is 0. The summed E-state index contributed by atoms with van der Waals surface area (Å²) in [6.45, 7) is 0. The lowest BCUT2D eigenvalue weighted by Gasteiger charge is -2.03. The molecule has 74 valence electrons. The van der Waals surface area contributed by atoms with Gasteiger partial charge in [-0.3, -0.25) is 0 Å². The highest BCUT2D eigenvalue weighted by Crippen LogP contribution is 2.22. The summed E-state index contributed by atoms with van der Waals surface area (Å²) in [4.78, 5) is 0. The average Bonchev–Trinajstić information content (AvgIpc) is 2.17. The molecule has 1 aliphatic carbocycles. The molecule has 1 nitrogen and oxygen atoms in total. The molecule has 0 N–H and O–H groups in total. The Kier molecular flexibility index (Phi) is 3.37. The molecule has 0 atom stereocenters. The number of benzene rings is 1. The van der Waals surface area contributed by atoms with Crippen LogP contribution in [-0.4, -0.2) is 0 Å². The van der Waals surface area contributed by atoms with E-state index in [1.165, 1.54) is 0 Å². The molecule has 3 heteroatoms. The third-order valence-corrected chi connectivity index (χ3v) is 2.72. The molecule has 1 aliphatic rings. The van der Waals surface area contributed by atoms with Gasteiger partial charge in [0.05, 0.1) is 12.2 Å². The Morgan fingerprint density at radius 2 is 2.07 bits per heavy atom. The van der Waals surface area contributed by atoms with Crippen molar-refractivity contribution in [3.63, 3.8) is 0 Å². The smallest absolute Gasteiger partial charge is 0.239 e. The van der Waals surface area contributed by atoms with Gasteiger partial charge in [0.1, 0.15) is 17.9 Å². The number of hydrogen-bond donors (Lipinski definition) is 0. The number of ether oxygens (including phenoxy) is 1. The minimum Gasteiger partial charge on any atom is -0.433 e. The van der Waals surface area contributed by atoms with E-state index in [9.17, 15) is 0 Å². The van der Waals surface area contributed by atoms with Crippen molar-refractivity contribution in [2.75, 3.05) is 0 Å². The fourth-order valence-corrected chi connectivity index (χ4v) is 1.88. The SMILES string of the molecule is BrC1=[C+]C=CC(Oc2cccc(Br)c2)=C1. The van der Waals surface area contributed by atoms with Crippen LogP contribution >= 0.6 is 31.9 Å². The zero-order chi connectivity index (χ0) is 10.7. The second-order valence-corrected chi connectivity index (χ2v) is 4.70. The molecule has 1 aromatic rings. The lowest BCUT2D eigenvalue weighted by molar-refractivity contribution is 0.443. The van der Waals surface area contributed by atoms with Crippen molar-refractivity contribution in [2.45, 2.75) is 0 Å². The van der Waals surface area contributed by atoms with Gasteiger partial charge < -0.3 is 4.74 Å². The molecular formula is C12H7Br2O+. The highest BCUT2D eigenvalue weighted by Gasteiger charge is 2.09. The van der Waals surface area contributed by atoms with Crippen LogP contribution in [0.2, 0.25) is 0 Å². The molecule has 0 heterocycles. The van der Waals surface area contributed by atoms with E-state index in [4.69, 9.17) is 4.74 Å². The third-order valence-electron chi connectivity index (χ3n) is 1.77.